The number of ether oxygens (including phenoxy) is 1. The van der Waals surface area contributed by atoms with E-state index >= 15 is 0 Å². The molecule has 7 N–H and O–H groups in total. The number of aliphatic imine (C=N–C) groups is 1. The lowest BCUT2D eigenvalue weighted by molar-refractivity contribution is -0.137. The Hall–Kier alpha value is -2.87. The number of alkyl halides is 3. The molecular formula is C20H24F3N5O6S. The molecule has 1 saturated heterocycles. The molecule has 1 aromatic rings. The molecule has 35 heavy (non-hydrogen) atoms. The summed E-state index contributed by atoms with van der Waals surface area (Å²) in [5, 5.41) is 28.5. The fraction of sp³-hybridized carbons (Fsp3) is 0.450. The molecule has 1 fully saturated rings. The van der Waals surface area contributed by atoms with Crippen molar-refractivity contribution in [1.29, 1.82) is 0 Å². The Balaban J connectivity index is 1.85. The molecule has 1 unspecified atom stereocenters. The predicted molar refractivity (Wildman–Crippen MR) is 117 cm³/mol. The van der Waals surface area contributed by atoms with Crippen LogP contribution in [0.5, 0.6) is 0 Å². The number of aliphatic hydroxyl groups excluding tert-OH is 2. The van der Waals surface area contributed by atoms with Gasteiger partial charge < -0.3 is 30.9 Å². The molecule has 192 valence electrons. The maximum absolute atomic E-state index is 13.2. The highest BCUT2D eigenvalue weighted by molar-refractivity contribution is 7.84. The average molecular weight is 520 g/mol. The first-order valence-corrected chi connectivity index (χ1v) is 11.7. The number of nitrogens with zero attached hydrogens (tertiary/aromatic N) is 2. The minimum Gasteiger partial charge on any atom is -0.390 e. The van der Waals surface area contributed by atoms with Crippen LogP contribution in [0.4, 0.5) is 13.2 Å². The second-order valence-corrected chi connectivity index (χ2v) is 8.90. The summed E-state index contributed by atoms with van der Waals surface area (Å²) in [5.41, 5.74) is 4.79. The predicted octanol–water partition coefficient (Wildman–Crippen LogP) is -0.621. The topological polar surface area (TPSA) is 173 Å². The van der Waals surface area contributed by atoms with Gasteiger partial charge in [-0.05, 0) is 19.1 Å². The molecule has 2 aliphatic rings. The normalized spacial score (nSPS) is 26.1. The number of hydrogen-bond donors (Lipinski definition) is 5. The van der Waals surface area contributed by atoms with E-state index in [2.05, 4.69) is 26.3 Å². The lowest BCUT2D eigenvalue weighted by atomic mass is 10.0. The van der Waals surface area contributed by atoms with Gasteiger partial charge in [-0.15, -0.1) is 0 Å². The fourth-order valence-corrected chi connectivity index (χ4v) is 3.96. The zero-order chi connectivity index (χ0) is 26.0. The van der Waals surface area contributed by atoms with Gasteiger partial charge in [-0.2, -0.15) is 21.6 Å². The van der Waals surface area contributed by atoms with Crippen LogP contribution in [0.2, 0.25) is 0 Å². The zero-order valence-corrected chi connectivity index (χ0v) is 19.1. The van der Waals surface area contributed by atoms with Gasteiger partial charge in [-0.3, -0.25) is 4.18 Å². The molecule has 0 saturated carbocycles. The smallest absolute Gasteiger partial charge is 0.390 e. The van der Waals surface area contributed by atoms with Gasteiger partial charge in [0.25, 0.3) is 0 Å². The first kappa shape index (κ1) is 26.7. The summed E-state index contributed by atoms with van der Waals surface area (Å²) < 4.78 is 71.8. The quantitative estimate of drug-likeness (QED) is 0.186. The summed E-state index contributed by atoms with van der Waals surface area (Å²) in [7, 11) is -4.30. The summed E-state index contributed by atoms with van der Waals surface area (Å²) in [6.07, 6.45) is -9.01. The number of aliphatic hydroxyl groups is 2. The Morgan fingerprint density at radius 1 is 1.37 bits per heavy atom. The number of nitrogens with two attached hydrogens (primary N) is 2. The van der Waals surface area contributed by atoms with Gasteiger partial charge in [0.2, 0.25) is 0 Å². The Kier molecular flexibility index (Phi) is 7.94. The monoisotopic (exact) mass is 519 g/mol. The lowest BCUT2D eigenvalue weighted by Gasteiger charge is -2.27. The van der Waals surface area contributed by atoms with Crippen LogP contribution in [-0.2, 0) is 25.4 Å². The number of hydrogen-bond acceptors (Lipinski definition) is 9. The van der Waals surface area contributed by atoms with E-state index in [0.29, 0.717) is 5.70 Å². The second kappa shape index (κ2) is 10.4. The van der Waals surface area contributed by atoms with E-state index in [4.69, 9.17) is 15.6 Å². The number of nitrogens with one attached hydrogen (secondary N) is 1. The van der Waals surface area contributed by atoms with Crippen LogP contribution in [0.3, 0.4) is 0 Å². The van der Waals surface area contributed by atoms with Crippen molar-refractivity contribution >= 4 is 16.6 Å². The SMILES string of the molecule is CC(C#Cc1ccccc1C(F)(F)F)C1=C(N=CN)N([C@@H]2O[C@H](COS(N)(=O)=O)[C@@H](O)[C@H]2O)CN1. The summed E-state index contributed by atoms with van der Waals surface area (Å²) in [5.74, 6) is 4.82. The van der Waals surface area contributed by atoms with E-state index in [1.165, 1.54) is 23.1 Å². The highest BCUT2D eigenvalue weighted by Crippen LogP contribution is 2.33. The van der Waals surface area contributed by atoms with Gasteiger partial charge in [0.15, 0.2) is 12.0 Å². The highest BCUT2D eigenvalue weighted by atomic mass is 32.2. The molecule has 0 spiro atoms. The fourth-order valence-electron chi connectivity index (χ4n) is 3.63. The van der Waals surface area contributed by atoms with Crippen LogP contribution in [0.25, 0.3) is 0 Å². The molecule has 3 rings (SSSR count). The zero-order valence-electron chi connectivity index (χ0n) is 18.3. The van der Waals surface area contributed by atoms with Gasteiger partial charge in [-0.1, -0.05) is 24.0 Å². The average Bonchev–Trinajstić information content (AvgIpc) is 3.31. The second-order valence-electron chi connectivity index (χ2n) is 7.68. The van der Waals surface area contributed by atoms with E-state index in [1.54, 1.807) is 6.92 Å². The van der Waals surface area contributed by atoms with Crippen molar-refractivity contribution in [3.63, 3.8) is 0 Å². The van der Waals surface area contributed by atoms with Crippen molar-refractivity contribution in [2.45, 2.75) is 37.6 Å². The molecule has 0 amide bonds. The molecule has 0 aromatic heterocycles. The van der Waals surface area contributed by atoms with Gasteiger partial charge in [0, 0.05) is 5.56 Å². The molecule has 5 atom stereocenters. The van der Waals surface area contributed by atoms with E-state index in [0.717, 1.165) is 12.4 Å². The lowest BCUT2D eigenvalue weighted by Crippen LogP contribution is -2.43. The van der Waals surface area contributed by atoms with E-state index < -0.39 is 59.1 Å². The van der Waals surface area contributed by atoms with Crippen LogP contribution in [0, 0.1) is 17.8 Å². The van der Waals surface area contributed by atoms with Gasteiger partial charge in [0.05, 0.1) is 36.8 Å². The molecule has 0 aliphatic carbocycles. The molecule has 2 heterocycles. The highest BCUT2D eigenvalue weighted by Gasteiger charge is 2.48. The third-order valence-corrected chi connectivity index (χ3v) is 5.74. The van der Waals surface area contributed by atoms with Crippen molar-refractivity contribution in [2.75, 3.05) is 13.3 Å². The van der Waals surface area contributed by atoms with Gasteiger partial charge in [0.1, 0.15) is 18.3 Å². The van der Waals surface area contributed by atoms with Gasteiger partial charge in [-0.25, -0.2) is 10.1 Å². The van der Waals surface area contributed by atoms with Crippen LogP contribution in [0.15, 0.2) is 40.8 Å². The first-order valence-electron chi connectivity index (χ1n) is 10.2. The van der Waals surface area contributed by atoms with Crippen molar-refractivity contribution in [3.05, 3.63) is 46.9 Å². The van der Waals surface area contributed by atoms with Crippen molar-refractivity contribution in [3.8, 4) is 11.8 Å². The molecule has 1 aromatic carbocycles. The Morgan fingerprint density at radius 2 is 2.06 bits per heavy atom. The third kappa shape index (κ3) is 6.23. The van der Waals surface area contributed by atoms with Crippen LogP contribution >= 0.6 is 0 Å². The van der Waals surface area contributed by atoms with Crippen LogP contribution in [-0.4, -0.2) is 67.7 Å². The maximum Gasteiger partial charge on any atom is 0.417 e. The van der Waals surface area contributed by atoms with E-state index in [9.17, 15) is 31.8 Å². The van der Waals surface area contributed by atoms with Crippen molar-refractivity contribution in [2.24, 2.45) is 21.8 Å². The van der Waals surface area contributed by atoms with Gasteiger partial charge >= 0.3 is 16.5 Å². The number of halogens is 3. The number of benzene rings is 1. The van der Waals surface area contributed by atoms with E-state index in [-0.39, 0.29) is 18.1 Å². The summed E-state index contributed by atoms with van der Waals surface area (Å²) in [6, 6.07) is 4.92. The van der Waals surface area contributed by atoms with E-state index in [1.807, 2.05) is 0 Å². The number of rotatable bonds is 6. The molecule has 15 heteroatoms. The number of allylic oxidation sites excluding steroid dienone is 1. The Morgan fingerprint density at radius 3 is 2.69 bits per heavy atom. The minimum atomic E-state index is -4.56. The molecule has 11 nitrogen and oxygen atoms in total. The standard InChI is InChI=1S/C20H24F3N5O6S/c1-11(6-7-12-4-2-3-5-13(12)20(21,22)23)15-18(26-9-24)28(10-27-15)19-17(30)16(29)14(34-19)8-33-35(25,31)32/h2-5,9,11,14,16-17,19,27,29-30H,8,10H2,1H3,(H2,24,26)(H2,25,31,32)/t11?,14-,16-,17-,19-/m1/s1. The summed E-state index contributed by atoms with van der Waals surface area (Å²) in [4.78, 5) is 5.47. The van der Waals surface area contributed by atoms with Crippen LogP contribution < -0.4 is 16.2 Å². The Labute approximate surface area is 199 Å². The summed E-state index contributed by atoms with van der Waals surface area (Å²) in [6.45, 7) is 1.01. The summed E-state index contributed by atoms with van der Waals surface area (Å²) >= 11 is 0. The molecule has 0 bridgehead atoms. The molecular weight excluding hydrogens is 495 g/mol. The van der Waals surface area contributed by atoms with Crippen LogP contribution in [0.1, 0.15) is 18.1 Å². The van der Waals surface area contributed by atoms with Crippen molar-refractivity contribution in [1.82, 2.24) is 10.2 Å². The molecule has 0 radical (unpaired) electrons. The minimum absolute atomic E-state index is 0.0182. The van der Waals surface area contributed by atoms with Crippen molar-refractivity contribution < 1.29 is 40.7 Å². The maximum atomic E-state index is 13.2. The molecule has 2 aliphatic heterocycles. The Bertz CT molecular complexity index is 1160. The third-order valence-electron chi connectivity index (χ3n) is 5.28. The largest absolute Gasteiger partial charge is 0.417 e. The first-order chi connectivity index (χ1) is 16.3.